The molecular weight excluding hydrogens is 362 g/mol. The first-order chi connectivity index (χ1) is 13.3. The van der Waals surface area contributed by atoms with Crippen LogP contribution >= 0.6 is 11.3 Å². The van der Waals surface area contributed by atoms with E-state index in [1.807, 2.05) is 23.1 Å². The lowest BCUT2D eigenvalue weighted by atomic mass is 10.1. The van der Waals surface area contributed by atoms with E-state index in [1.165, 1.54) is 14.6 Å². The first-order valence-electron chi connectivity index (χ1n) is 9.13. The monoisotopic (exact) mass is 382 g/mol. The van der Waals surface area contributed by atoms with Crippen molar-refractivity contribution in [2.75, 3.05) is 33.0 Å². The van der Waals surface area contributed by atoms with Crippen molar-refractivity contribution >= 4 is 27.5 Å². The van der Waals surface area contributed by atoms with E-state index < -0.39 is 0 Å². The quantitative estimate of drug-likeness (QED) is 0.747. The summed E-state index contributed by atoms with van der Waals surface area (Å²) >= 11 is 1.77. The van der Waals surface area contributed by atoms with Crippen LogP contribution in [0.5, 0.6) is 11.5 Å². The van der Waals surface area contributed by atoms with Crippen molar-refractivity contribution in [1.29, 1.82) is 0 Å². The third-order valence-corrected chi connectivity index (χ3v) is 6.15. The molecule has 1 aromatic heterocycles. The molecule has 3 heterocycles. The molecule has 0 unspecified atom stereocenters. The van der Waals surface area contributed by atoms with Crippen LogP contribution in [0.4, 0.5) is 0 Å². The van der Waals surface area contributed by atoms with Gasteiger partial charge in [0.2, 0.25) is 6.79 Å². The van der Waals surface area contributed by atoms with E-state index in [2.05, 4.69) is 18.2 Å². The van der Waals surface area contributed by atoms with Crippen LogP contribution < -0.4 is 14.4 Å². The van der Waals surface area contributed by atoms with Crippen molar-refractivity contribution in [2.45, 2.75) is 6.54 Å². The fourth-order valence-electron chi connectivity index (χ4n) is 3.62. The number of ether oxygens (including phenoxy) is 2. The molecule has 2 aliphatic rings. The Kier molecular flexibility index (Phi) is 4.18. The summed E-state index contributed by atoms with van der Waals surface area (Å²) in [4.78, 5) is 20.9. The zero-order valence-electron chi connectivity index (χ0n) is 14.8. The molecule has 1 saturated heterocycles. The Bertz CT molecular complexity index is 962. The average molecular weight is 382 g/mol. The van der Waals surface area contributed by atoms with E-state index in [1.54, 1.807) is 17.4 Å². The van der Waals surface area contributed by atoms with Gasteiger partial charge in [-0.25, -0.2) is 4.98 Å². The van der Waals surface area contributed by atoms with Gasteiger partial charge in [-0.15, -0.1) is 11.3 Å². The summed E-state index contributed by atoms with van der Waals surface area (Å²) in [6, 6.07) is 13.7. The van der Waals surface area contributed by atoms with E-state index in [0.29, 0.717) is 17.1 Å². The zero-order valence-corrected chi connectivity index (χ0v) is 15.6. The van der Waals surface area contributed by atoms with Crippen LogP contribution in [-0.2, 0) is 6.54 Å². The molecule has 2 aliphatic heterocycles. The number of quaternary nitrogens is 1. The van der Waals surface area contributed by atoms with Gasteiger partial charge in [-0.3, -0.25) is 4.79 Å². The highest BCUT2D eigenvalue weighted by Crippen LogP contribution is 2.32. The third-order valence-electron chi connectivity index (χ3n) is 5.12. The minimum Gasteiger partial charge on any atom is -0.454 e. The van der Waals surface area contributed by atoms with Gasteiger partial charge in [-0.1, -0.05) is 12.1 Å². The van der Waals surface area contributed by atoms with Gasteiger partial charge in [-0.05, 0) is 30.3 Å². The maximum absolute atomic E-state index is 12.8. The third kappa shape index (κ3) is 3.24. The molecule has 0 radical (unpaired) electrons. The Morgan fingerprint density at radius 1 is 1.11 bits per heavy atom. The van der Waals surface area contributed by atoms with Crippen LogP contribution in [0.3, 0.4) is 0 Å². The first kappa shape index (κ1) is 16.5. The minimum atomic E-state index is 0.0623. The average Bonchev–Trinajstić information content (AvgIpc) is 3.33. The molecule has 1 fully saturated rings. The highest BCUT2D eigenvalue weighted by molar-refractivity contribution is 7.18. The fraction of sp³-hybridized carbons (Fsp3) is 0.300. The molecule has 0 spiro atoms. The lowest BCUT2D eigenvalue weighted by Gasteiger charge is -2.31. The van der Waals surface area contributed by atoms with Crippen LogP contribution in [0.2, 0.25) is 0 Å². The second kappa shape index (κ2) is 6.83. The molecule has 1 amide bonds. The molecule has 0 aliphatic carbocycles. The van der Waals surface area contributed by atoms with Gasteiger partial charge in [-0.2, -0.15) is 0 Å². The molecule has 7 heteroatoms. The van der Waals surface area contributed by atoms with Gasteiger partial charge < -0.3 is 19.3 Å². The van der Waals surface area contributed by atoms with Crippen LogP contribution in [0.15, 0.2) is 42.5 Å². The Labute approximate surface area is 160 Å². The maximum atomic E-state index is 12.8. The first-order valence-corrected chi connectivity index (χ1v) is 9.95. The van der Waals surface area contributed by atoms with E-state index in [-0.39, 0.29) is 12.7 Å². The maximum Gasteiger partial charge on any atom is 0.254 e. The second-order valence-electron chi connectivity index (χ2n) is 6.86. The Hall–Kier alpha value is -2.64. The molecule has 3 aromatic rings. The molecule has 138 valence electrons. The number of piperazine rings is 1. The Morgan fingerprint density at radius 2 is 1.93 bits per heavy atom. The van der Waals surface area contributed by atoms with E-state index >= 15 is 0 Å². The standard InChI is InChI=1S/C20H19N3O3S/c24-20(14-5-6-16-17(11-14)26-13-25-16)23-9-7-22(8-10-23)12-19-21-15-3-1-2-4-18(15)27-19/h1-6,11H,7-10,12-13H2/p+1. The number of nitrogens with one attached hydrogen (secondary N) is 1. The molecule has 1 N–H and O–H groups in total. The number of thiazole rings is 1. The summed E-state index contributed by atoms with van der Waals surface area (Å²) in [6.45, 7) is 4.53. The highest BCUT2D eigenvalue weighted by Gasteiger charge is 2.26. The SMILES string of the molecule is O=C(c1ccc2c(c1)OCO2)N1CC[NH+](Cc2nc3ccccc3s2)CC1. The number of carbonyl (C=O) groups excluding carboxylic acids is 1. The van der Waals surface area contributed by atoms with Crippen LogP contribution in [0.1, 0.15) is 15.4 Å². The number of amides is 1. The van der Waals surface area contributed by atoms with Crippen molar-refractivity contribution in [1.82, 2.24) is 9.88 Å². The molecular formula is C20H20N3O3S+. The summed E-state index contributed by atoms with van der Waals surface area (Å²) in [6.07, 6.45) is 0. The molecule has 6 nitrogen and oxygen atoms in total. The van der Waals surface area contributed by atoms with E-state index in [0.717, 1.165) is 38.2 Å². The number of nitrogens with zero attached hydrogens (tertiary/aromatic N) is 2. The van der Waals surface area contributed by atoms with Gasteiger partial charge in [0.25, 0.3) is 5.91 Å². The largest absolute Gasteiger partial charge is 0.454 e. The van der Waals surface area contributed by atoms with Gasteiger partial charge >= 0.3 is 0 Å². The molecule has 0 bridgehead atoms. The van der Waals surface area contributed by atoms with Crippen molar-refractivity contribution < 1.29 is 19.2 Å². The summed E-state index contributed by atoms with van der Waals surface area (Å²) in [5.41, 5.74) is 1.74. The zero-order chi connectivity index (χ0) is 18.2. The van der Waals surface area contributed by atoms with Gasteiger partial charge in [0.05, 0.1) is 36.4 Å². The summed E-state index contributed by atoms with van der Waals surface area (Å²) in [5.74, 6) is 1.42. The Balaban J connectivity index is 1.21. The normalized spacial score (nSPS) is 16.8. The van der Waals surface area contributed by atoms with Crippen molar-refractivity contribution in [2.24, 2.45) is 0 Å². The Morgan fingerprint density at radius 3 is 2.78 bits per heavy atom. The molecule has 2 aromatic carbocycles. The summed E-state index contributed by atoms with van der Waals surface area (Å²) in [7, 11) is 0. The van der Waals surface area contributed by atoms with E-state index in [4.69, 9.17) is 14.5 Å². The number of rotatable bonds is 3. The topological polar surface area (TPSA) is 56.1 Å². The predicted molar refractivity (Wildman–Crippen MR) is 102 cm³/mol. The van der Waals surface area contributed by atoms with Gasteiger partial charge in [0.1, 0.15) is 11.6 Å². The molecule has 0 atom stereocenters. The van der Waals surface area contributed by atoms with Crippen LogP contribution in [0.25, 0.3) is 10.2 Å². The lowest BCUT2D eigenvalue weighted by Crippen LogP contribution is -3.13. The highest BCUT2D eigenvalue weighted by atomic mass is 32.1. The fourth-order valence-corrected chi connectivity index (χ4v) is 4.66. The lowest BCUT2D eigenvalue weighted by molar-refractivity contribution is -0.917. The number of fused-ring (bicyclic) bond motifs is 2. The second-order valence-corrected chi connectivity index (χ2v) is 7.98. The van der Waals surface area contributed by atoms with E-state index in [9.17, 15) is 4.79 Å². The summed E-state index contributed by atoms with van der Waals surface area (Å²) in [5, 5.41) is 1.17. The number of aromatic nitrogens is 1. The number of carbonyl (C=O) groups is 1. The number of benzene rings is 2. The van der Waals surface area contributed by atoms with Crippen molar-refractivity contribution in [3.8, 4) is 11.5 Å². The number of hydrogen-bond acceptors (Lipinski definition) is 5. The van der Waals surface area contributed by atoms with Crippen LogP contribution in [0, 0.1) is 0 Å². The van der Waals surface area contributed by atoms with Gasteiger partial charge in [0, 0.05) is 5.56 Å². The predicted octanol–water partition coefficient (Wildman–Crippen LogP) is 1.57. The molecule has 5 rings (SSSR count). The van der Waals surface area contributed by atoms with Crippen molar-refractivity contribution in [3.63, 3.8) is 0 Å². The van der Waals surface area contributed by atoms with Crippen LogP contribution in [-0.4, -0.2) is 48.8 Å². The molecule has 27 heavy (non-hydrogen) atoms. The van der Waals surface area contributed by atoms with Gasteiger partial charge in [0.15, 0.2) is 11.5 Å². The molecule has 0 saturated carbocycles. The van der Waals surface area contributed by atoms with Crippen molar-refractivity contribution in [3.05, 3.63) is 53.0 Å². The minimum absolute atomic E-state index is 0.0623. The number of para-hydroxylation sites is 1. The number of hydrogen-bond donors (Lipinski definition) is 1. The summed E-state index contributed by atoms with van der Waals surface area (Å²) < 4.78 is 11.9. The smallest absolute Gasteiger partial charge is 0.254 e.